The Balaban J connectivity index is 1.88. The summed E-state index contributed by atoms with van der Waals surface area (Å²) in [6.07, 6.45) is 0. The number of rotatable bonds is 4. The van der Waals surface area contributed by atoms with Crippen LogP contribution in [-0.2, 0) is 9.53 Å². The van der Waals surface area contributed by atoms with E-state index in [-0.39, 0.29) is 12.5 Å². The van der Waals surface area contributed by atoms with Crippen molar-refractivity contribution in [1.82, 2.24) is 0 Å². The Morgan fingerprint density at radius 1 is 1.20 bits per heavy atom. The fourth-order valence-electron chi connectivity index (χ4n) is 1.84. The minimum atomic E-state index is -0.484. The zero-order valence-corrected chi connectivity index (χ0v) is 12.1. The summed E-state index contributed by atoms with van der Waals surface area (Å²) >= 11 is 1.41. The first-order valence-electron chi connectivity index (χ1n) is 6.12. The van der Waals surface area contributed by atoms with Gasteiger partial charge in [-0.1, -0.05) is 6.07 Å². The second-order valence-corrected chi connectivity index (χ2v) is 5.29. The molecule has 0 unspecified atom stereocenters. The number of thiophene rings is 1. The van der Waals surface area contributed by atoms with Crippen LogP contribution >= 0.6 is 11.3 Å². The first-order chi connectivity index (χ1) is 9.54. The predicted molar refractivity (Wildman–Crippen MR) is 79.1 cm³/mol. The number of aryl methyl sites for hydroxylation is 2. The molecule has 0 spiro atoms. The number of esters is 1. The maximum absolute atomic E-state index is 11.7. The molecule has 1 aromatic heterocycles. The lowest BCUT2D eigenvalue weighted by Crippen LogP contribution is -2.20. The highest BCUT2D eigenvalue weighted by Crippen LogP contribution is 2.13. The third-order valence-corrected chi connectivity index (χ3v) is 3.28. The van der Waals surface area contributed by atoms with Crippen molar-refractivity contribution < 1.29 is 14.3 Å². The Kier molecular flexibility index (Phi) is 4.53. The van der Waals surface area contributed by atoms with Crippen molar-refractivity contribution in [2.24, 2.45) is 0 Å². The van der Waals surface area contributed by atoms with Gasteiger partial charge in [0.25, 0.3) is 5.91 Å². The van der Waals surface area contributed by atoms with E-state index in [0.29, 0.717) is 11.3 Å². The molecule has 0 atom stereocenters. The van der Waals surface area contributed by atoms with E-state index < -0.39 is 5.97 Å². The van der Waals surface area contributed by atoms with Crippen LogP contribution < -0.4 is 5.32 Å². The molecule has 0 saturated heterocycles. The van der Waals surface area contributed by atoms with E-state index in [1.54, 1.807) is 16.8 Å². The van der Waals surface area contributed by atoms with Crippen molar-refractivity contribution in [3.63, 3.8) is 0 Å². The molecule has 104 valence electrons. The number of benzene rings is 1. The van der Waals surface area contributed by atoms with Gasteiger partial charge in [0.1, 0.15) is 0 Å². The van der Waals surface area contributed by atoms with Gasteiger partial charge in [-0.2, -0.15) is 11.3 Å². The molecule has 20 heavy (non-hydrogen) atoms. The van der Waals surface area contributed by atoms with Crippen molar-refractivity contribution in [1.29, 1.82) is 0 Å². The van der Waals surface area contributed by atoms with Gasteiger partial charge in [-0.3, -0.25) is 4.79 Å². The van der Waals surface area contributed by atoms with Gasteiger partial charge in [-0.05, 0) is 48.6 Å². The zero-order chi connectivity index (χ0) is 14.5. The minimum absolute atomic E-state index is 0.290. The van der Waals surface area contributed by atoms with E-state index >= 15 is 0 Å². The molecular formula is C15H15NO3S. The lowest BCUT2D eigenvalue weighted by Gasteiger charge is -2.08. The van der Waals surface area contributed by atoms with Crippen LogP contribution in [0.25, 0.3) is 0 Å². The van der Waals surface area contributed by atoms with Crippen LogP contribution in [0.5, 0.6) is 0 Å². The summed E-state index contributed by atoms with van der Waals surface area (Å²) in [6, 6.07) is 7.41. The average molecular weight is 289 g/mol. The molecule has 2 aromatic rings. The SMILES string of the molecule is Cc1cc(C)cc(NC(=O)COC(=O)c2ccsc2)c1. The molecule has 0 aliphatic rings. The molecule has 0 fully saturated rings. The lowest BCUT2D eigenvalue weighted by atomic mass is 10.1. The molecular weight excluding hydrogens is 274 g/mol. The summed E-state index contributed by atoms with van der Waals surface area (Å²) in [5, 5.41) is 6.18. The molecule has 0 radical (unpaired) electrons. The average Bonchev–Trinajstić information content (AvgIpc) is 2.88. The summed E-state index contributed by atoms with van der Waals surface area (Å²) in [5.41, 5.74) is 3.31. The zero-order valence-electron chi connectivity index (χ0n) is 11.3. The molecule has 0 aliphatic heterocycles. The monoisotopic (exact) mass is 289 g/mol. The van der Waals surface area contributed by atoms with Crippen LogP contribution in [0.4, 0.5) is 5.69 Å². The third kappa shape index (κ3) is 3.93. The van der Waals surface area contributed by atoms with Gasteiger partial charge < -0.3 is 10.1 Å². The number of carbonyl (C=O) groups is 2. The Labute approximate surface area is 121 Å². The number of nitrogens with one attached hydrogen (secondary N) is 1. The number of amides is 1. The summed E-state index contributed by atoms with van der Waals surface area (Å²) < 4.78 is 4.94. The quantitative estimate of drug-likeness (QED) is 0.880. The molecule has 1 heterocycles. The Morgan fingerprint density at radius 3 is 2.50 bits per heavy atom. The Bertz CT molecular complexity index is 600. The van der Waals surface area contributed by atoms with Crippen molar-refractivity contribution in [2.75, 3.05) is 11.9 Å². The number of hydrogen-bond acceptors (Lipinski definition) is 4. The lowest BCUT2D eigenvalue weighted by molar-refractivity contribution is -0.119. The normalized spacial score (nSPS) is 10.1. The predicted octanol–water partition coefficient (Wildman–Crippen LogP) is 3.16. The van der Waals surface area contributed by atoms with Crippen molar-refractivity contribution in [2.45, 2.75) is 13.8 Å². The fraction of sp³-hybridized carbons (Fsp3) is 0.200. The molecule has 0 aliphatic carbocycles. The second kappa shape index (κ2) is 6.34. The van der Waals surface area contributed by atoms with Crippen LogP contribution in [-0.4, -0.2) is 18.5 Å². The highest BCUT2D eigenvalue weighted by atomic mass is 32.1. The third-order valence-electron chi connectivity index (χ3n) is 2.60. The standard InChI is InChI=1S/C15H15NO3S/c1-10-5-11(2)7-13(6-10)16-14(17)8-19-15(18)12-3-4-20-9-12/h3-7,9H,8H2,1-2H3,(H,16,17). The fourth-order valence-corrected chi connectivity index (χ4v) is 2.46. The van der Waals surface area contributed by atoms with Gasteiger partial charge in [0.05, 0.1) is 5.56 Å². The Hall–Kier alpha value is -2.14. The van der Waals surface area contributed by atoms with Crippen molar-refractivity contribution in [3.05, 3.63) is 51.7 Å². The minimum Gasteiger partial charge on any atom is -0.452 e. The molecule has 0 bridgehead atoms. The molecule has 0 saturated carbocycles. The van der Waals surface area contributed by atoms with Crippen LogP contribution in [0.2, 0.25) is 0 Å². The van der Waals surface area contributed by atoms with E-state index in [1.165, 1.54) is 11.3 Å². The maximum Gasteiger partial charge on any atom is 0.339 e. The summed E-state index contributed by atoms with van der Waals surface area (Å²) in [7, 11) is 0. The summed E-state index contributed by atoms with van der Waals surface area (Å²) in [5.74, 6) is -0.833. The smallest absolute Gasteiger partial charge is 0.339 e. The molecule has 5 heteroatoms. The molecule has 4 nitrogen and oxygen atoms in total. The van der Waals surface area contributed by atoms with Gasteiger partial charge in [-0.25, -0.2) is 4.79 Å². The number of anilines is 1. The molecule has 1 amide bonds. The van der Waals surface area contributed by atoms with Crippen LogP contribution in [0.3, 0.4) is 0 Å². The van der Waals surface area contributed by atoms with E-state index in [4.69, 9.17) is 4.74 Å². The van der Waals surface area contributed by atoms with E-state index in [0.717, 1.165) is 11.1 Å². The van der Waals surface area contributed by atoms with Crippen molar-refractivity contribution in [3.8, 4) is 0 Å². The van der Waals surface area contributed by atoms with Crippen molar-refractivity contribution >= 4 is 28.9 Å². The highest BCUT2D eigenvalue weighted by Gasteiger charge is 2.10. The number of carbonyl (C=O) groups excluding carboxylic acids is 2. The number of ether oxygens (including phenoxy) is 1. The first kappa shape index (κ1) is 14.3. The Morgan fingerprint density at radius 2 is 1.90 bits per heavy atom. The topological polar surface area (TPSA) is 55.4 Å². The van der Waals surface area contributed by atoms with Gasteiger partial charge in [0.2, 0.25) is 0 Å². The van der Waals surface area contributed by atoms with Gasteiger partial charge in [0, 0.05) is 11.1 Å². The van der Waals surface area contributed by atoms with E-state index in [2.05, 4.69) is 5.32 Å². The largest absolute Gasteiger partial charge is 0.452 e. The van der Waals surface area contributed by atoms with Gasteiger partial charge in [-0.15, -0.1) is 0 Å². The molecule has 1 N–H and O–H groups in total. The molecule has 1 aromatic carbocycles. The number of hydrogen-bond donors (Lipinski definition) is 1. The molecule has 2 rings (SSSR count). The second-order valence-electron chi connectivity index (χ2n) is 4.51. The maximum atomic E-state index is 11.7. The van der Waals surface area contributed by atoms with Gasteiger partial charge >= 0.3 is 5.97 Å². The van der Waals surface area contributed by atoms with Gasteiger partial charge in [0.15, 0.2) is 6.61 Å². The van der Waals surface area contributed by atoms with Crippen LogP contribution in [0, 0.1) is 13.8 Å². The first-order valence-corrected chi connectivity index (χ1v) is 7.06. The van der Waals surface area contributed by atoms with E-state index in [1.807, 2.05) is 32.0 Å². The summed E-state index contributed by atoms with van der Waals surface area (Å²) in [4.78, 5) is 23.3. The van der Waals surface area contributed by atoms with Crippen LogP contribution in [0.1, 0.15) is 21.5 Å². The highest BCUT2D eigenvalue weighted by molar-refractivity contribution is 7.08. The van der Waals surface area contributed by atoms with E-state index in [9.17, 15) is 9.59 Å². The van der Waals surface area contributed by atoms with Crippen LogP contribution in [0.15, 0.2) is 35.0 Å². The summed E-state index contributed by atoms with van der Waals surface area (Å²) in [6.45, 7) is 3.63.